The summed E-state index contributed by atoms with van der Waals surface area (Å²) in [6, 6.07) is 6.74. The van der Waals surface area contributed by atoms with Crippen molar-refractivity contribution in [1.82, 2.24) is 0 Å². The molecule has 0 aromatic heterocycles. The van der Waals surface area contributed by atoms with Gasteiger partial charge in [0.15, 0.2) is 5.78 Å². The van der Waals surface area contributed by atoms with Gasteiger partial charge in [0, 0.05) is 17.8 Å². The summed E-state index contributed by atoms with van der Waals surface area (Å²) in [4.78, 5) is 25.8. The number of carbonyl (C=O) groups excluding carboxylic acids is 2. The van der Waals surface area contributed by atoms with E-state index in [9.17, 15) is 14.7 Å². The predicted molar refractivity (Wildman–Crippen MR) is 106 cm³/mol. The lowest BCUT2D eigenvalue weighted by Crippen LogP contribution is -2.51. The van der Waals surface area contributed by atoms with Crippen LogP contribution in [0.4, 0.5) is 0 Å². The van der Waals surface area contributed by atoms with Crippen LogP contribution in [0.15, 0.2) is 35.9 Å². The molecule has 5 heteroatoms. The van der Waals surface area contributed by atoms with Crippen molar-refractivity contribution in [3.8, 4) is 5.75 Å². The summed E-state index contributed by atoms with van der Waals surface area (Å²) in [6.07, 6.45) is 2.67. The van der Waals surface area contributed by atoms with Gasteiger partial charge in [-0.15, -0.1) is 0 Å². The molecule has 1 aromatic rings. The van der Waals surface area contributed by atoms with Crippen LogP contribution in [0.25, 0.3) is 0 Å². The van der Waals surface area contributed by atoms with Crippen molar-refractivity contribution in [3.05, 3.63) is 41.5 Å². The molecule has 2 aliphatic carbocycles. The summed E-state index contributed by atoms with van der Waals surface area (Å²) >= 11 is 0. The molecule has 1 N–H and O–H groups in total. The number of fused-ring (bicyclic) bond motifs is 1. The fourth-order valence-corrected chi connectivity index (χ4v) is 4.90. The third kappa shape index (κ3) is 3.37. The van der Waals surface area contributed by atoms with Crippen molar-refractivity contribution in [2.45, 2.75) is 58.7 Å². The van der Waals surface area contributed by atoms with Gasteiger partial charge < -0.3 is 14.6 Å². The zero-order valence-electron chi connectivity index (χ0n) is 17.3. The van der Waals surface area contributed by atoms with E-state index in [1.165, 1.54) is 0 Å². The summed E-state index contributed by atoms with van der Waals surface area (Å²) in [5.74, 6) is -0.256. The maximum atomic E-state index is 13.0. The van der Waals surface area contributed by atoms with E-state index in [4.69, 9.17) is 9.47 Å². The Morgan fingerprint density at radius 1 is 1.21 bits per heavy atom. The summed E-state index contributed by atoms with van der Waals surface area (Å²) < 4.78 is 11.1. The average Bonchev–Trinajstić information content (AvgIpc) is 2.89. The summed E-state index contributed by atoms with van der Waals surface area (Å²) in [5.41, 5.74) is -0.486. The first-order valence-corrected chi connectivity index (χ1v) is 9.91. The lowest BCUT2D eigenvalue weighted by molar-refractivity contribution is -0.140. The number of hydrogen-bond donors (Lipinski definition) is 1. The second kappa shape index (κ2) is 7.36. The minimum atomic E-state index is -1.05. The van der Waals surface area contributed by atoms with Crippen molar-refractivity contribution in [3.63, 3.8) is 0 Å². The molecule has 0 saturated heterocycles. The molecule has 0 amide bonds. The van der Waals surface area contributed by atoms with Gasteiger partial charge in [-0.3, -0.25) is 4.79 Å². The normalized spacial score (nSPS) is 32.5. The molecule has 0 radical (unpaired) electrons. The standard InChI is InChI=1S/C23H30O5/c1-14(2)23(26)11-10-22(4)19(24)13-15(3)12-18(20(22)23)28-21(25)16-6-8-17(27-5)9-7-16/h6-9,13-14,18,20,26H,10-12H2,1-5H3/t18-,20+,22+,23+/m0/s1. The minimum absolute atomic E-state index is 0.0228. The fourth-order valence-electron chi connectivity index (χ4n) is 4.90. The summed E-state index contributed by atoms with van der Waals surface area (Å²) in [6.45, 7) is 7.71. The van der Waals surface area contributed by atoms with Gasteiger partial charge in [0.2, 0.25) is 0 Å². The molecule has 1 fully saturated rings. The molecule has 0 bridgehead atoms. The largest absolute Gasteiger partial charge is 0.497 e. The Kier molecular flexibility index (Phi) is 5.41. The number of ether oxygens (including phenoxy) is 2. The highest BCUT2D eigenvalue weighted by Gasteiger charge is 2.62. The smallest absolute Gasteiger partial charge is 0.338 e. The number of aliphatic hydroxyl groups is 1. The monoisotopic (exact) mass is 386 g/mol. The maximum Gasteiger partial charge on any atom is 0.338 e. The van der Waals surface area contributed by atoms with E-state index in [-0.39, 0.29) is 11.7 Å². The second-order valence-electron chi connectivity index (χ2n) is 8.77. The molecule has 1 aromatic carbocycles. The van der Waals surface area contributed by atoms with Crippen molar-refractivity contribution in [1.29, 1.82) is 0 Å². The Balaban J connectivity index is 1.95. The SMILES string of the molecule is COc1ccc(C(=O)O[C@H]2CC(C)=CC(=O)[C@@]3(C)CC[C@@](O)(C(C)C)[C@H]23)cc1. The molecular formula is C23H30O5. The van der Waals surface area contributed by atoms with Gasteiger partial charge in [-0.1, -0.05) is 26.3 Å². The third-order valence-corrected chi connectivity index (χ3v) is 6.69. The fraction of sp³-hybridized carbons (Fsp3) is 0.565. The number of methoxy groups -OCH3 is 1. The van der Waals surface area contributed by atoms with Gasteiger partial charge in [0.25, 0.3) is 0 Å². The first-order chi connectivity index (χ1) is 13.1. The number of hydrogen-bond acceptors (Lipinski definition) is 5. The van der Waals surface area contributed by atoms with Crippen molar-refractivity contribution in [2.75, 3.05) is 7.11 Å². The van der Waals surface area contributed by atoms with E-state index in [0.29, 0.717) is 30.6 Å². The van der Waals surface area contributed by atoms with Gasteiger partial charge >= 0.3 is 5.97 Å². The van der Waals surface area contributed by atoms with E-state index in [0.717, 1.165) is 5.57 Å². The Morgan fingerprint density at radius 2 is 1.86 bits per heavy atom. The van der Waals surface area contributed by atoms with Crippen LogP contribution < -0.4 is 4.74 Å². The number of allylic oxidation sites excluding steroid dienone is 1. The molecule has 2 aliphatic rings. The molecule has 3 rings (SSSR count). The molecule has 152 valence electrons. The van der Waals surface area contributed by atoms with Crippen LogP contribution in [0, 0.1) is 17.3 Å². The highest BCUT2D eigenvalue weighted by atomic mass is 16.5. The number of carbonyl (C=O) groups is 2. The Morgan fingerprint density at radius 3 is 2.43 bits per heavy atom. The first kappa shape index (κ1) is 20.6. The number of benzene rings is 1. The van der Waals surface area contributed by atoms with Crippen LogP contribution in [-0.4, -0.2) is 35.7 Å². The van der Waals surface area contributed by atoms with Gasteiger partial charge in [0.1, 0.15) is 11.9 Å². The van der Waals surface area contributed by atoms with Crippen molar-refractivity contribution >= 4 is 11.8 Å². The first-order valence-electron chi connectivity index (χ1n) is 9.91. The van der Waals surface area contributed by atoms with Gasteiger partial charge in [-0.05, 0) is 56.0 Å². The lowest BCUT2D eigenvalue weighted by atomic mass is 9.67. The van der Waals surface area contributed by atoms with E-state index in [1.54, 1.807) is 37.5 Å². The van der Waals surface area contributed by atoms with Gasteiger partial charge in [-0.2, -0.15) is 0 Å². The second-order valence-corrected chi connectivity index (χ2v) is 8.77. The van der Waals surface area contributed by atoms with Crippen molar-refractivity contribution in [2.24, 2.45) is 17.3 Å². The van der Waals surface area contributed by atoms with E-state index in [1.807, 2.05) is 27.7 Å². The molecule has 4 atom stereocenters. The van der Waals surface area contributed by atoms with Gasteiger partial charge in [-0.25, -0.2) is 4.79 Å². The molecule has 28 heavy (non-hydrogen) atoms. The number of ketones is 1. The van der Waals surface area contributed by atoms with Crippen LogP contribution in [0.3, 0.4) is 0 Å². The quantitative estimate of drug-likeness (QED) is 0.794. The lowest BCUT2D eigenvalue weighted by Gasteiger charge is -2.42. The van der Waals surface area contributed by atoms with E-state index < -0.39 is 29.0 Å². The molecule has 0 heterocycles. The summed E-state index contributed by atoms with van der Waals surface area (Å²) in [7, 11) is 1.57. The molecule has 5 nitrogen and oxygen atoms in total. The van der Waals surface area contributed by atoms with Gasteiger partial charge in [0.05, 0.1) is 18.3 Å². The van der Waals surface area contributed by atoms with Crippen LogP contribution in [0.1, 0.15) is 57.3 Å². The highest BCUT2D eigenvalue weighted by Crippen LogP contribution is 2.56. The third-order valence-electron chi connectivity index (χ3n) is 6.69. The number of rotatable bonds is 4. The molecule has 0 unspecified atom stereocenters. The zero-order valence-corrected chi connectivity index (χ0v) is 17.3. The molecular weight excluding hydrogens is 356 g/mol. The Bertz CT molecular complexity index is 794. The van der Waals surface area contributed by atoms with Crippen LogP contribution in [0.2, 0.25) is 0 Å². The minimum Gasteiger partial charge on any atom is -0.497 e. The molecule has 0 spiro atoms. The zero-order chi connectivity index (χ0) is 20.7. The number of esters is 1. The topological polar surface area (TPSA) is 72.8 Å². The van der Waals surface area contributed by atoms with Crippen molar-refractivity contribution < 1.29 is 24.2 Å². The van der Waals surface area contributed by atoms with Crippen LogP contribution in [0.5, 0.6) is 5.75 Å². The summed E-state index contributed by atoms with van der Waals surface area (Å²) in [5, 5.41) is 11.5. The molecule has 1 saturated carbocycles. The average molecular weight is 386 g/mol. The van der Waals surface area contributed by atoms with E-state index >= 15 is 0 Å². The van der Waals surface area contributed by atoms with Crippen LogP contribution in [-0.2, 0) is 9.53 Å². The highest BCUT2D eigenvalue weighted by molar-refractivity contribution is 5.96. The molecule has 0 aliphatic heterocycles. The van der Waals surface area contributed by atoms with E-state index in [2.05, 4.69) is 0 Å². The Labute approximate surface area is 166 Å². The predicted octanol–water partition coefficient (Wildman–Crippen LogP) is 3.94. The Hall–Kier alpha value is -2.14. The van der Waals surface area contributed by atoms with Crippen LogP contribution >= 0.6 is 0 Å². The maximum absolute atomic E-state index is 13.0.